The van der Waals surface area contributed by atoms with Gasteiger partial charge in [0.05, 0.1) is 6.42 Å². The number of benzene rings is 3. The largest absolute Gasteiger partial charge is 0.332 e. The van der Waals surface area contributed by atoms with E-state index in [1.807, 2.05) is 37.3 Å². The first-order valence-corrected chi connectivity index (χ1v) is 10.0. The van der Waals surface area contributed by atoms with Gasteiger partial charge in [0.2, 0.25) is 5.91 Å². The van der Waals surface area contributed by atoms with Crippen molar-refractivity contribution in [3.8, 4) is 0 Å². The number of carbonyl (C=O) groups excluding carboxylic acids is 2. The van der Waals surface area contributed by atoms with Gasteiger partial charge in [-0.2, -0.15) is 0 Å². The highest BCUT2D eigenvalue weighted by Crippen LogP contribution is 2.17. The molecule has 0 saturated heterocycles. The number of anilines is 2. The molecule has 0 fully saturated rings. The van der Waals surface area contributed by atoms with E-state index in [1.54, 1.807) is 42.5 Å². The Morgan fingerprint density at radius 3 is 2.17 bits per heavy atom. The van der Waals surface area contributed by atoms with Crippen LogP contribution in [0.5, 0.6) is 0 Å². The highest BCUT2D eigenvalue weighted by atomic mass is 35.5. The fourth-order valence-electron chi connectivity index (χ4n) is 2.70. The minimum absolute atomic E-state index is 0.0959. The summed E-state index contributed by atoms with van der Waals surface area (Å²) in [5.41, 5.74) is 3.62. The zero-order valence-electron chi connectivity index (χ0n) is 16.2. The normalized spacial score (nSPS) is 10.2. The van der Waals surface area contributed by atoms with E-state index in [9.17, 15) is 9.59 Å². The molecule has 7 heteroatoms. The summed E-state index contributed by atoms with van der Waals surface area (Å²) in [5.74, 6) is -0.444. The summed E-state index contributed by atoms with van der Waals surface area (Å²) in [4.78, 5) is 24.4. The van der Waals surface area contributed by atoms with Gasteiger partial charge >= 0.3 is 0 Å². The van der Waals surface area contributed by atoms with Gasteiger partial charge in [-0.1, -0.05) is 48.0 Å². The van der Waals surface area contributed by atoms with Gasteiger partial charge in [-0.3, -0.25) is 14.9 Å². The van der Waals surface area contributed by atoms with Gasteiger partial charge in [-0.25, -0.2) is 0 Å². The predicted octanol–water partition coefficient (Wildman–Crippen LogP) is 4.96. The molecule has 30 heavy (non-hydrogen) atoms. The third-order valence-electron chi connectivity index (χ3n) is 4.30. The number of hydrogen-bond donors (Lipinski definition) is 3. The van der Waals surface area contributed by atoms with Crippen LogP contribution in [0.3, 0.4) is 0 Å². The summed E-state index contributed by atoms with van der Waals surface area (Å²) in [6.45, 7) is 1.87. The van der Waals surface area contributed by atoms with Crippen LogP contribution in [0.2, 0.25) is 5.02 Å². The topological polar surface area (TPSA) is 70.2 Å². The van der Waals surface area contributed by atoms with Crippen LogP contribution < -0.4 is 16.0 Å². The molecule has 0 bridgehead atoms. The molecule has 0 atom stereocenters. The predicted molar refractivity (Wildman–Crippen MR) is 125 cm³/mol. The van der Waals surface area contributed by atoms with Gasteiger partial charge in [0, 0.05) is 22.0 Å². The number of rotatable bonds is 5. The number of thiocarbonyl (C=S) groups is 1. The van der Waals surface area contributed by atoms with E-state index in [0.717, 1.165) is 11.1 Å². The van der Waals surface area contributed by atoms with Gasteiger partial charge < -0.3 is 10.6 Å². The second kappa shape index (κ2) is 10.0. The van der Waals surface area contributed by atoms with Gasteiger partial charge in [0.25, 0.3) is 5.91 Å². The number of hydrogen-bond acceptors (Lipinski definition) is 3. The van der Waals surface area contributed by atoms with Gasteiger partial charge in [0.1, 0.15) is 0 Å². The van der Waals surface area contributed by atoms with Crippen LogP contribution in [0, 0.1) is 6.92 Å². The molecule has 3 aromatic carbocycles. The first kappa shape index (κ1) is 21.5. The third-order valence-corrected chi connectivity index (χ3v) is 4.91. The lowest BCUT2D eigenvalue weighted by molar-refractivity contribution is -0.115. The molecular weight excluding hydrogens is 418 g/mol. The minimum atomic E-state index is -0.348. The van der Waals surface area contributed by atoms with Crippen molar-refractivity contribution in [2.45, 2.75) is 13.3 Å². The highest BCUT2D eigenvalue weighted by molar-refractivity contribution is 7.80. The van der Waals surface area contributed by atoms with E-state index < -0.39 is 0 Å². The molecule has 0 radical (unpaired) electrons. The number of amides is 2. The van der Waals surface area contributed by atoms with Crippen LogP contribution in [0.25, 0.3) is 0 Å². The molecular formula is C23H20ClN3O2S. The van der Waals surface area contributed by atoms with E-state index in [0.29, 0.717) is 28.4 Å². The van der Waals surface area contributed by atoms with E-state index in [1.165, 1.54) is 0 Å². The first-order valence-electron chi connectivity index (χ1n) is 9.23. The van der Waals surface area contributed by atoms with Crippen LogP contribution >= 0.6 is 23.8 Å². The fraction of sp³-hybridized carbons (Fsp3) is 0.0870. The van der Waals surface area contributed by atoms with Gasteiger partial charge in [0.15, 0.2) is 5.11 Å². The maximum absolute atomic E-state index is 12.3. The monoisotopic (exact) mass is 437 g/mol. The van der Waals surface area contributed by atoms with Crippen molar-refractivity contribution in [2.75, 3.05) is 10.6 Å². The van der Waals surface area contributed by atoms with Crippen LogP contribution in [0.4, 0.5) is 11.4 Å². The molecule has 3 aromatic rings. The van der Waals surface area contributed by atoms with Crippen molar-refractivity contribution < 1.29 is 9.59 Å². The zero-order valence-corrected chi connectivity index (χ0v) is 17.8. The summed E-state index contributed by atoms with van der Waals surface area (Å²) in [6.07, 6.45) is 0.306. The van der Waals surface area contributed by atoms with Crippen LogP contribution in [0.1, 0.15) is 21.5 Å². The zero-order chi connectivity index (χ0) is 21.5. The Labute approximate surface area is 185 Å². The van der Waals surface area contributed by atoms with Gasteiger partial charge in [-0.15, -0.1) is 0 Å². The lowest BCUT2D eigenvalue weighted by Crippen LogP contribution is -2.34. The van der Waals surface area contributed by atoms with E-state index in [2.05, 4.69) is 16.0 Å². The Morgan fingerprint density at radius 1 is 0.900 bits per heavy atom. The van der Waals surface area contributed by atoms with Crippen LogP contribution in [-0.4, -0.2) is 16.9 Å². The molecule has 0 spiro atoms. The third kappa shape index (κ3) is 6.14. The summed E-state index contributed by atoms with van der Waals surface area (Å²) >= 11 is 11.3. The number of halogens is 1. The lowest BCUT2D eigenvalue weighted by atomic mass is 10.1. The molecule has 5 nitrogen and oxygen atoms in total. The molecule has 0 unspecified atom stereocenters. The minimum Gasteiger partial charge on any atom is -0.332 e. The SMILES string of the molecule is Cc1ccc(C(=O)NC(=S)Nc2ccc(NC(=O)Cc3ccccc3)cc2)cc1Cl. The summed E-state index contributed by atoms with van der Waals surface area (Å²) in [6, 6.07) is 21.6. The number of nitrogens with one attached hydrogen (secondary N) is 3. The van der Waals surface area contributed by atoms with Crippen molar-refractivity contribution in [3.05, 3.63) is 94.5 Å². The average Bonchev–Trinajstić information content (AvgIpc) is 2.72. The second-order valence-electron chi connectivity index (χ2n) is 6.66. The molecule has 0 heterocycles. The molecule has 0 saturated carbocycles. The highest BCUT2D eigenvalue weighted by Gasteiger charge is 2.10. The van der Waals surface area contributed by atoms with E-state index in [4.69, 9.17) is 23.8 Å². The molecule has 0 aromatic heterocycles. The van der Waals surface area contributed by atoms with Crippen molar-refractivity contribution in [3.63, 3.8) is 0 Å². The smallest absolute Gasteiger partial charge is 0.257 e. The Hall–Kier alpha value is -3.22. The standard InChI is InChI=1S/C23H20ClN3O2S/c1-15-7-8-17(14-20(15)24)22(29)27-23(30)26-19-11-9-18(10-12-19)25-21(28)13-16-5-3-2-4-6-16/h2-12,14H,13H2,1H3,(H,25,28)(H2,26,27,29,30). The van der Waals surface area contributed by atoms with Crippen molar-refractivity contribution >= 4 is 52.1 Å². The molecule has 0 aliphatic carbocycles. The van der Waals surface area contributed by atoms with Crippen LogP contribution in [-0.2, 0) is 11.2 Å². The Kier molecular flexibility index (Phi) is 7.17. The maximum atomic E-state index is 12.3. The fourth-order valence-corrected chi connectivity index (χ4v) is 3.09. The Morgan fingerprint density at radius 2 is 1.53 bits per heavy atom. The maximum Gasteiger partial charge on any atom is 0.257 e. The summed E-state index contributed by atoms with van der Waals surface area (Å²) in [7, 11) is 0. The second-order valence-corrected chi connectivity index (χ2v) is 7.48. The van der Waals surface area contributed by atoms with Crippen molar-refractivity contribution in [1.82, 2.24) is 5.32 Å². The molecule has 0 aliphatic heterocycles. The Bertz CT molecular complexity index is 1070. The van der Waals surface area contributed by atoms with Crippen molar-refractivity contribution in [2.24, 2.45) is 0 Å². The quantitative estimate of drug-likeness (QED) is 0.493. The average molecular weight is 438 g/mol. The van der Waals surface area contributed by atoms with E-state index in [-0.39, 0.29) is 16.9 Å². The Balaban J connectivity index is 1.52. The number of aryl methyl sites for hydroxylation is 1. The molecule has 0 aliphatic rings. The van der Waals surface area contributed by atoms with E-state index >= 15 is 0 Å². The molecule has 152 valence electrons. The van der Waals surface area contributed by atoms with Gasteiger partial charge in [-0.05, 0) is 66.7 Å². The van der Waals surface area contributed by atoms with Crippen LogP contribution in [0.15, 0.2) is 72.8 Å². The lowest BCUT2D eigenvalue weighted by Gasteiger charge is -2.11. The summed E-state index contributed by atoms with van der Waals surface area (Å²) in [5, 5.41) is 9.10. The molecule has 3 N–H and O–H groups in total. The molecule has 2 amide bonds. The first-order chi connectivity index (χ1) is 14.4. The van der Waals surface area contributed by atoms with Crippen molar-refractivity contribution in [1.29, 1.82) is 0 Å². The number of carbonyl (C=O) groups is 2. The molecule has 3 rings (SSSR count). The summed E-state index contributed by atoms with van der Waals surface area (Å²) < 4.78 is 0.